The second-order valence-corrected chi connectivity index (χ2v) is 7.44. The third kappa shape index (κ3) is 7.36. The first-order valence-electron chi connectivity index (χ1n) is 8.23. The van der Waals surface area contributed by atoms with Crippen LogP contribution in [0.2, 0.25) is 0 Å². The van der Waals surface area contributed by atoms with Crippen LogP contribution in [0.25, 0.3) is 0 Å². The van der Waals surface area contributed by atoms with Crippen LogP contribution >= 0.6 is 15.9 Å². The number of ether oxygens (including phenoxy) is 1. The lowest BCUT2D eigenvalue weighted by molar-refractivity contribution is 0.0261. The molecule has 1 N–H and O–H groups in total. The lowest BCUT2D eigenvalue weighted by Crippen LogP contribution is -2.40. The van der Waals surface area contributed by atoms with Gasteiger partial charge in [0.05, 0.1) is 0 Å². The largest absolute Gasteiger partial charge is 0.444 e. The van der Waals surface area contributed by atoms with Gasteiger partial charge in [-0.1, -0.05) is 35.0 Å². The van der Waals surface area contributed by atoms with Gasteiger partial charge in [-0.3, -0.25) is 0 Å². The lowest BCUT2D eigenvalue weighted by atomic mass is 10.0. The van der Waals surface area contributed by atoms with Crippen LogP contribution in [-0.2, 0) is 4.74 Å². The van der Waals surface area contributed by atoms with E-state index >= 15 is 0 Å². The molecular formula is C18H29BrN2O2. The maximum Gasteiger partial charge on any atom is 0.410 e. The Morgan fingerprint density at radius 3 is 2.35 bits per heavy atom. The SMILES string of the molecule is CCC(NCCN(CC)C(=O)OC(C)(C)C)c1ccc(Br)cc1. The van der Waals surface area contributed by atoms with E-state index in [4.69, 9.17) is 4.74 Å². The Hall–Kier alpha value is -1.07. The summed E-state index contributed by atoms with van der Waals surface area (Å²) in [6.45, 7) is 11.8. The minimum Gasteiger partial charge on any atom is -0.444 e. The highest BCUT2D eigenvalue weighted by Crippen LogP contribution is 2.19. The van der Waals surface area contributed by atoms with Crippen molar-refractivity contribution in [2.75, 3.05) is 19.6 Å². The van der Waals surface area contributed by atoms with Gasteiger partial charge in [0.1, 0.15) is 5.60 Å². The number of carbonyl (C=O) groups excluding carboxylic acids is 1. The number of rotatable bonds is 7. The van der Waals surface area contributed by atoms with Gasteiger partial charge in [0, 0.05) is 30.1 Å². The van der Waals surface area contributed by atoms with E-state index in [2.05, 4.69) is 52.4 Å². The summed E-state index contributed by atoms with van der Waals surface area (Å²) in [5, 5.41) is 3.52. The molecule has 0 aliphatic rings. The molecule has 1 aromatic rings. The summed E-state index contributed by atoms with van der Waals surface area (Å²) in [6.07, 6.45) is 0.749. The Morgan fingerprint density at radius 2 is 1.87 bits per heavy atom. The highest BCUT2D eigenvalue weighted by molar-refractivity contribution is 9.10. The van der Waals surface area contributed by atoms with Crippen LogP contribution in [0.1, 0.15) is 52.6 Å². The molecular weight excluding hydrogens is 356 g/mol. The van der Waals surface area contributed by atoms with Crippen LogP contribution in [0.4, 0.5) is 4.79 Å². The molecule has 1 aromatic carbocycles. The standard InChI is InChI=1S/C18H29BrN2O2/c1-6-16(14-8-10-15(19)11-9-14)20-12-13-21(7-2)17(22)23-18(3,4)5/h8-11,16,20H,6-7,12-13H2,1-5H3. The Balaban J connectivity index is 2.51. The summed E-state index contributed by atoms with van der Waals surface area (Å²) in [5.41, 5.74) is 0.803. The van der Waals surface area contributed by atoms with Crippen LogP contribution < -0.4 is 5.32 Å². The van der Waals surface area contributed by atoms with Gasteiger partial charge < -0.3 is 15.0 Å². The van der Waals surface area contributed by atoms with Crippen LogP contribution in [0, 0.1) is 0 Å². The van der Waals surface area contributed by atoms with E-state index in [-0.39, 0.29) is 6.09 Å². The van der Waals surface area contributed by atoms with Gasteiger partial charge in [0.2, 0.25) is 0 Å². The van der Waals surface area contributed by atoms with Gasteiger partial charge in [0.25, 0.3) is 0 Å². The quantitative estimate of drug-likeness (QED) is 0.737. The van der Waals surface area contributed by atoms with Gasteiger partial charge in [0.15, 0.2) is 0 Å². The van der Waals surface area contributed by atoms with E-state index in [1.54, 1.807) is 4.90 Å². The summed E-state index contributed by atoms with van der Waals surface area (Å²) >= 11 is 3.46. The monoisotopic (exact) mass is 384 g/mol. The molecule has 0 aliphatic carbocycles. The van der Waals surface area contributed by atoms with Gasteiger partial charge in [-0.2, -0.15) is 0 Å². The summed E-state index contributed by atoms with van der Waals surface area (Å²) in [6, 6.07) is 8.64. The zero-order valence-electron chi connectivity index (χ0n) is 14.9. The van der Waals surface area contributed by atoms with Crippen LogP contribution in [0.5, 0.6) is 0 Å². The molecule has 0 bridgehead atoms. The van der Waals surface area contributed by atoms with Crippen molar-refractivity contribution < 1.29 is 9.53 Å². The first-order valence-corrected chi connectivity index (χ1v) is 9.03. The number of likely N-dealkylation sites (N-methyl/N-ethyl adjacent to an activating group) is 1. The van der Waals surface area contributed by atoms with Gasteiger partial charge in [-0.05, 0) is 51.8 Å². The fraction of sp³-hybridized carbons (Fsp3) is 0.611. The molecule has 1 atom stereocenters. The van der Waals surface area contributed by atoms with Crippen molar-refractivity contribution in [3.8, 4) is 0 Å². The van der Waals surface area contributed by atoms with E-state index in [1.165, 1.54) is 5.56 Å². The van der Waals surface area contributed by atoms with E-state index < -0.39 is 5.60 Å². The summed E-state index contributed by atoms with van der Waals surface area (Å²) in [7, 11) is 0. The van der Waals surface area contributed by atoms with E-state index in [0.717, 1.165) is 17.4 Å². The molecule has 0 radical (unpaired) electrons. The number of hydrogen-bond donors (Lipinski definition) is 1. The number of nitrogens with zero attached hydrogens (tertiary/aromatic N) is 1. The number of nitrogens with one attached hydrogen (secondary N) is 1. The summed E-state index contributed by atoms with van der Waals surface area (Å²) in [4.78, 5) is 13.8. The number of halogens is 1. The summed E-state index contributed by atoms with van der Waals surface area (Å²) < 4.78 is 6.51. The number of hydrogen-bond acceptors (Lipinski definition) is 3. The number of benzene rings is 1. The molecule has 0 aliphatic heterocycles. The second kappa shape index (κ2) is 9.28. The molecule has 0 fully saturated rings. The van der Waals surface area contributed by atoms with Gasteiger partial charge >= 0.3 is 6.09 Å². The van der Waals surface area contributed by atoms with Crippen molar-refractivity contribution in [3.05, 3.63) is 34.3 Å². The normalized spacial score (nSPS) is 12.8. The molecule has 0 saturated carbocycles. The predicted molar refractivity (Wildman–Crippen MR) is 98.7 cm³/mol. The maximum atomic E-state index is 12.1. The molecule has 0 heterocycles. The van der Waals surface area contributed by atoms with Crippen molar-refractivity contribution in [2.24, 2.45) is 0 Å². The molecule has 1 amide bonds. The predicted octanol–water partition coefficient (Wildman–Crippen LogP) is 4.75. The molecule has 0 aromatic heterocycles. The van der Waals surface area contributed by atoms with Crippen molar-refractivity contribution in [1.82, 2.24) is 10.2 Å². The fourth-order valence-corrected chi connectivity index (χ4v) is 2.54. The van der Waals surface area contributed by atoms with Crippen LogP contribution in [-0.4, -0.2) is 36.2 Å². The second-order valence-electron chi connectivity index (χ2n) is 6.53. The average Bonchev–Trinajstić information content (AvgIpc) is 2.47. The Kier molecular flexibility index (Phi) is 8.06. The minimum absolute atomic E-state index is 0.251. The summed E-state index contributed by atoms with van der Waals surface area (Å²) in [5.74, 6) is 0. The van der Waals surface area contributed by atoms with Crippen molar-refractivity contribution in [1.29, 1.82) is 0 Å². The minimum atomic E-state index is -0.457. The molecule has 1 unspecified atom stereocenters. The molecule has 1 rings (SSSR count). The molecule has 130 valence electrons. The molecule has 0 saturated heterocycles. The van der Waals surface area contributed by atoms with Crippen molar-refractivity contribution in [3.63, 3.8) is 0 Å². The van der Waals surface area contributed by atoms with Crippen LogP contribution in [0.15, 0.2) is 28.7 Å². The Bertz CT molecular complexity index is 483. The maximum absolute atomic E-state index is 12.1. The van der Waals surface area contributed by atoms with Crippen LogP contribution in [0.3, 0.4) is 0 Å². The van der Waals surface area contributed by atoms with E-state index in [9.17, 15) is 4.79 Å². The van der Waals surface area contributed by atoms with E-state index in [0.29, 0.717) is 19.1 Å². The number of carbonyl (C=O) groups is 1. The molecule has 0 spiro atoms. The third-order valence-electron chi connectivity index (χ3n) is 3.49. The Labute approximate surface area is 148 Å². The fourth-order valence-electron chi connectivity index (χ4n) is 2.27. The molecule has 4 nitrogen and oxygen atoms in total. The highest BCUT2D eigenvalue weighted by atomic mass is 79.9. The molecule has 5 heteroatoms. The molecule has 23 heavy (non-hydrogen) atoms. The van der Waals surface area contributed by atoms with Gasteiger partial charge in [-0.15, -0.1) is 0 Å². The van der Waals surface area contributed by atoms with Gasteiger partial charge in [-0.25, -0.2) is 4.79 Å². The Morgan fingerprint density at radius 1 is 1.26 bits per heavy atom. The average molecular weight is 385 g/mol. The van der Waals surface area contributed by atoms with Crippen molar-refractivity contribution in [2.45, 2.75) is 52.7 Å². The zero-order chi connectivity index (χ0) is 17.5. The topological polar surface area (TPSA) is 41.6 Å². The first-order chi connectivity index (χ1) is 10.8. The van der Waals surface area contributed by atoms with E-state index in [1.807, 2.05) is 27.7 Å². The smallest absolute Gasteiger partial charge is 0.410 e. The highest BCUT2D eigenvalue weighted by Gasteiger charge is 2.21. The third-order valence-corrected chi connectivity index (χ3v) is 4.02. The number of amides is 1. The lowest BCUT2D eigenvalue weighted by Gasteiger charge is -2.27. The zero-order valence-corrected chi connectivity index (χ0v) is 16.4. The first kappa shape index (κ1) is 20.0. The van der Waals surface area contributed by atoms with Crippen molar-refractivity contribution >= 4 is 22.0 Å².